The topological polar surface area (TPSA) is 144 Å². The summed E-state index contributed by atoms with van der Waals surface area (Å²) in [4.78, 5) is -4.54. The van der Waals surface area contributed by atoms with Crippen molar-refractivity contribution < 1.29 is 35.2 Å². The number of hydrogen-bond acceptors (Lipinski definition) is 7. The van der Waals surface area contributed by atoms with Crippen molar-refractivity contribution in [3.8, 4) is 0 Å². The van der Waals surface area contributed by atoms with Gasteiger partial charge in [0.2, 0.25) is 0 Å². The smallest absolute Gasteiger partial charge is 0.254 e. The quantitative estimate of drug-likeness (QED) is 0.274. The standard InChI is InChI=1S/C10H22O7S/c1-7(13)9(15,3-5-11)18(17)10(16,4-6-12)8(2)14/h7-8,11-16H,3-6H2,1-2H3. The Morgan fingerprint density at radius 1 is 0.944 bits per heavy atom. The molecule has 6 N–H and O–H groups in total. The molecule has 8 heteroatoms. The molecule has 0 aliphatic heterocycles. The maximum absolute atomic E-state index is 12.2. The summed E-state index contributed by atoms with van der Waals surface area (Å²) in [6, 6.07) is 0. The third-order valence-corrected chi connectivity index (χ3v) is 5.26. The van der Waals surface area contributed by atoms with Gasteiger partial charge in [0.15, 0.2) is 0 Å². The number of hydrogen-bond donors (Lipinski definition) is 6. The molecule has 0 aromatic heterocycles. The lowest BCUT2D eigenvalue weighted by Crippen LogP contribution is -2.61. The van der Waals surface area contributed by atoms with E-state index in [4.69, 9.17) is 10.2 Å². The van der Waals surface area contributed by atoms with Crippen LogP contribution in [0.3, 0.4) is 0 Å². The van der Waals surface area contributed by atoms with Crippen LogP contribution < -0.4 is 0 Å². The number of aliphatic hydroxyl groups is 6. The van der Waals surface area contributed by atoms with E-state index in [1.54, 1.807) is 0 Å². The highest BCUT2D eigenvalue weighted by atomic mass is 32.2. The third kappa shape index (κ3) is 3.55. The molecule has 0 radical (unpaired) electrons. The summed E-state index contributed by atoms with van der Waals surface area (Å²) in [5.41, 5.74) is 0. The van der Waals surface area contributed by atoms with Crippen molar-refractivity contribution in [2.75, 3.05) is 13.2 Å². The van der Waals surface area contributed by atoms with Crippen molar-refractivity contribution in [2.45, 2.75) is 48.8 Å². The Balaban J connectivity index is 5.32. The maximum atomic E-state index is 12.2. The van der Waals surface area contributed by atoms with Gasteiger partial charge in [-0.3, -0.25) is 0 Å². The Morgan fingerprint density at radius 3 is 1.39 bits per heavy atom. The molecule has 0 aliphatic rings. The summed E-state index contributed by atoms with van der Waals surface area (Å²) >= 11 is -2.50. The Bertz CT molecular complexity index is 226. The fourth-order valence-corrected chi connectivity index (χ4v) is 3.32. The molecule has 18 heavy (non-hydrogen) atoms. The number of aliphatic hydroxyl groups excluding tert-OH is 4. The molecule has 0 aromatic rings. The van der Waals surface area contributed by atoms with Gasteiger partial charge in [-0.1, -0.05) is 0 Å². The molecule has 0 bridgehead atoms. The van der Waals surface area contributed by atoms with Gasteiger partial charge >= 0.3 is 0 Å². The van der Waals surface area contributed by atoms with E-state index >= 15 is 0 Å². The Labute approximate surface area is 109 Å². The lowest BCUT2D eigenvalue weighted by Gasteiger charge is -2.41. The van der Waals surface area contributed by atoms with E-state index in [2.05, 4.69) is 0 Å². The minimum atomic E-state index is -2.50. The van der Waals surface area contributed by atoms with Gasteiger partial charge in [0, 0.05) is 24.0 Å². The monoisotopic (exact) mass is 286 g/mol. The Morgan fingerprint density at radius 2 is 1.22 bits per heavy atom. The molecule has 110 valence electrons. The molecule has 0 rings (SSSR count). The predicted molar refractivity (Wildman–Crippen MR) is 64.8 cm³/mol. The minimum absolute atomic E-state index is 0.433. The fraction of sp³-hybridized carbons (Fsp3) is 1.00. The molecule has 0 aromatic carbocycles. The lowest BCUT2D eigenvalue weighted by molar-refractivity contribution is -0.0495. The van der Waals surface area contributed by atoms with Crippen LogP contribution >= 0.6 is 0 Å². The van der Waals surface area contributed by atoms with E-state index in [0.717, 1.165) is 13.8 Å². The van der Waals surface area contributed by atoms with Crippen LogP contribution in [0.1, 0.15) is 26.7 Å². The van der Waals surface area contributed by atoms with Crippen molar-refractivity contribution >= 4 is 11.2 Å². The molecule has 0 spiro atoms. The van der Waals surface area contributed by atoms with Gasteiger partial charge in [0.25, 0.3) is 9.87 Å². The highest BCUT2D eigenvalue weighted by Crippen LogP contribution is 2.35. The summed E-state index contributed by atoms with van der Waals surface area (Å²) in [7, 11) is 0. The van der Waals surface area contributed by atoms with Crippen molar-refractivity contribution in [1.82, 2.24) is 0 Å². The van der Waals surface area contributed by atoms with Gasteiger partial charge in [-0.25, -0.2) is 0 Å². The summed E-state index contributed by atoms with van der Waals surface area (Å²) < 4.78 is 12.2. The number of rotatable bonds is 8. The van der Waals surface area contributed by atoms with E-state index < -0.39 is 59.3 Å². The summed E-state index contributed by atoms with van der Waals surface area (Å²) in [6.07, 6.45) is -3.85. The van der Waals surface area contributed by atoms with Gasteiger partial charge < -0.3 is 35.2 Å². The molecule has 0 heterocycles. The van der Waals surface area contributed by atoms with Crippen LogP contribution in [0.15, 0.2) is 0 Å². The van der Waals surface area contributed by atoms with Crippen LogP contribution in [0.5, 0.6) is 0 Å². The van der Waals surface area contributed by atoms with Crippen molar-refractivity contribution in [3.05, 3.63) is 0 Å². The normalized spacial score (nSPS) is 23.8. The Hall–Kier alpha value is 0.0700. The summed E-state index contributed by atoms with van der Waals surface area (Å²) in [5.74, 6) is 0. The van der Waals surface area contributed by atoms with E-state index in [1.807, 2.05) is 0 Å². The molecule has 0 aliphatic carbocycles. The van der Waals surface area contributed by atoms with Crippen LogP contribution in [0.2, 0.25) is 0 Å². The highest BCUT2D eigenvalue weighted by molar-refractivity contribution is 7.93. The van der Waals surface area contributed by atoms with Gasteiger partial charge in [-0.05, 0) is 13.8 Å². The largest absolute Gasteiger partial charge is 0.612 e. The second-order valence-electron chi connectivity index (χ2n) is 4.26. The second kappa shape index (κ2) is 7.01. The predicted octanol–water partition coefficient (Wildman–Crippen LogP) is -2.36. The van der Waals surface area contributed by atoms with Crippen LogP contribution in [0.4, 0.5) is 0 Å². The first kappa shape index (κ1) is 18.1. The molecule has 4 atom stereocenters. The average molecular weight is 286 g/mol. The highest BCUT2D eigenvalue weighted by Gasteiger charge is 2.57. The molecule has 0 saturated heterocycles. The molecular formula is C10H22O7S. The minimum Gasteiger partial charge on any atom is -0.612 e. The van der Waals surface area contributed by atoms with Crippen molar-refractivity contribution in [2.24, 2.45) is 0 Å². The maximum Gasteiger partial charge on any atom is 0.254 e. The zero-order valence-electron chi connectivity index (χ0n) is 10.5. The van der Waals surface area contributed by atoms with Gasteiger partial charge in [-0.15, -0.1) is 0 Å². The third-order valence-electron chi connectivity index (χ3n) is 2.89. The van der Waals surface area contributed by atoms with E-state index in [0.29, 0.717) is 0 Å². The van der Waals surface area contributed by atoms with Gasteiger partial charge in [0.1, 0.15) is 12.2 Å². The second-order valence-corrected chi connectivity index (χ2v) is 6.21. The lowest BCUT2D eigenvalue weighted by atomic mass is 10.1. The van der Waals surface area contributed by atoms with E-state index in [9.17, 15) is 25.0 Å². The van der Waals surface area contributed by atoms with Crippen LogP contribution in [0, 0.1) is 0 Å². The molecular weight excluding hydrogens is 264 g/mol. The molecule has 4 unspecified atom stereocenters. The van der Waals surface area contributed by atoms with Crippen LogP contribution in [0.25, 0.3) is 0 Å². The zero-order chi connectivity index (χ0) is 14.6. The molecule has 0 amide bonds. The fourth-order valence-electron chi connectivity index (χ4n) is 1.54. The molecule has 0 saturated carbocycles. The van der Waals surface area contributed by atoms with Crippen molar-refractivity contribution in [3.63, 3.8) is 0 Å². The zero-order valence-corrected chi connectivity index (χ0v) is 11.3. The summed E-state index contributed by atoms with van der Waals surface area (Å²) in [5, 5.41) is 56.8. The average Bonchev–Trinajstić information content (AvgIpc) is 2.27. The van der Waals surface area contributed by atoms with E-state index in [1.165, 1.54) is 0 Å². The van der Waals surface area contributed by atoms with Gasteiger partial charge in [-0.2, -0.15) is 0 Å². The molecule has 0 fully saturated rings. The van der Waals surface area contributed by atoms with Crippen LogP contribution in [-0.4, -0.2) is 70.5 Å². The SMILES string of the molecule is CC(O)C(O)(CCO)[S+]([O-])C(O)(CCO)C(C)O. The first-order valence-corrected chi connectivity index (χ1v) is 6.76. The van der Waals surface area contributed by atoms with E-state index in [-0.39, 0.29) is 0 Å². The first-order chi connectivity index (χ1) is 8.16. The van der Waals surface area contributed by atoms with Gasteiger partial charge in [0.05, 0.1) is 13.2 Å². The Kier molecular flexibility index (Phi) is 7.04. The first-order valence-electron chi connectivity index (χ1n) is 5.61. The summed E-state index contributed by atoms with van der Waals surface area (Å²) in [6.45, 7) is 1.22. The van der Waals surface area contributed by atoms with Crippen molar-refractivity contribution in [1.29, 1.82) is 0 Å². The van der Waals surface area contributed by atoms with Crippen LogP contribution in [-0.2, 0) is 11.2 Å². The molecule has 7 nitrogen and oxygen atoms in total.